The van der Waals surface area contributed by atoms with Gasteiger partial charge in [0.05, 0.1) is 12.3 Å². The Morgan fingerprint density at radius 3 is 2.68 bits per heavy atom. The van der Waals surface area contributed by atoms with E-state index in [2.05, 4.69) is 5.10 Å². The summed E-state index contributed by atoms with van der Waals surface area (Å²) in [5, 5.41) is 4.39. The van der Waals surface area contributed by atoms with Crippen molar-refractivity contribution in [1.29, 1.82) is 0 Å². The number of ether oxygens (including phenoxy) is 3. The quantitative estimate of drug-likeness (QED) is 0.907. The molecule has 2 aromatic rings. The van der Waals surface area contributed by atoms with Crippen LogP contribution < -0.4 is 15.2 Å². The summed E-state index contributed by atoms with van der Waals surface area (Å²) in [5.74, 6) is 2.06. The van der Waals surface area contributed by atoms with Crippen LogP contribution in [0.25, 0.3) is 11.3 Å². The van der Waals surface area contributed by atoms with Crippen molar-refractivity contribution >= 4 is 5.82 Å². The number of nitrogens with zero attached hydrogens (tertiary/aromatic N) is 2. The maximum Gasteiger partial charge on any atom is 0.231 e. The number of nitrogen functional groups attached to an aromatic ring is 1. The van der Waals surface area contributed by atoms with Gasteiger partial charge in [-0.3, -0.25) is 4.68 Å². The average Bonchev–Trinajstić information content (AvgIpc) is 2.96. The molecule has 6 heteroatoms. The van der Waals surface area contributed by atoms with Crippen LogP contribution >= 0.6 is 0 Å². The van der Waals surface area contributed by atoms with Crippen LogP contribution in [0.3, 0.4) is 0 Å². The lowest BCUT2D eigenvalue weighted by atomic mass is 10.0. The summed E-state index contributed by atoms with van der Waals surface area (Å²) in [6.07, 6.45) is 0. The van der Waals surface area contributed by atoms with Crippen LogP contribution in [0, 0.1) is 0 Å². The molecule has 0 saturated heterocycles. The maximum absolute atomic E-state index is 5.83. The summed E-state index contributed by atoms with van der Waals surface area (Å²) in [4.78, 5) is 0. The first-order valence-electron chi connectivity index (χ1n) is 5.90. The number of aryl methyl sites for hydroxylation is 1. The van der Waals surface area contributed by atoms with Gasteiger partial charge in [0.25, 0.3) is 0 Å². The Kier molecular flexibility index (Phi) is 2.79. The molecule has 2 N–H and O–H groups in total. The Balaban J connectivity index is 2.12. The highest BCUT2D eigenvalue weighted by Gasteiger charge is 2.19. The zero-order valence-corrected chi connectivity index (χ0v) is 10.8. The maximum atomic E-state index is 5.83. The Bertz CT molecular complexity index is 602. The second-order valence-corrected chi connectivity index (χ2v) is 4.37. The molecule has 0 unspecified atom stereocenters. The number of rotatable bonds is 3. The molecule has 0 saturated carbocycles. The number of methoxy groups -OCH3 is 1. The van der Waals surface area contributed by atoms with E-state index in [0.717, 1.165) is 28.3 Å². The van der Waals surface area contributed by atoms with Gasteiger partial charge in [-0.05, 0) is 17.7 Å². The molecule has 1 aliphatic heterocycles. The van der Waals surface area contributed by atoms with Crippen LogP contribution in [-0.2, 0) is 18.4 Å². The third-order valence-corrected chi connectivity index (χ3v) is 3.09. The highest BCUT2D eigenvalue weighted by atomic mass is 16.7. The van der Waals surface area contributed by atoms with Gasteiger partial charge in [0.15, 0.2) is 11.5 Å². The van der Waals surface area contributed by atoms with Crippen molar-refractivity contribution in [3.8, 4) is 22.8 Å². The minimum atomic E-state index is 0.246. The number of anilines is 1. The summed E-state index contributed by atoms with van der Waals surface area (Å²) in [6, 6.07) is 5.67. The molecular weight excluding hydrogens is 246 g/mol. The molecule has 1 aromatic heterocycles. The molecule has 6 nitrogen and oxygen atoms in total. The van der Waals surface area contributed by atoms with E-state index < -0.39 is 0 Å². The standard InChI is InChI=1S/C13H15N3O3/c1-16-13(14)5-10(15-16)9-4-12-11(18-7-19-12)3-8(9)6-17-2/h3-5H,6-7,14H2,1-2H3. The fourth-order valence-corrected chi connectivity index (χ4v) is 2.11. The average molecular weight is 261 g/mol. The Morgan fingerprint density at radius 2 is 2.05 bits per heavy atom. The lowest BCUT2D eigenvalue weighted by Crippen LogP contribution is -1.97. The predicted molar refractivity (Wildman–Crippen MR) is 69.9 cm³/mol. The van der Waals surface area contributed by atoms with Crippen molar-refractivity contribution in [2.45, 2.75) is 6.61 Å². The zero-order valence-electron chi connectivity index (χ0n) is 10.8. The molecule has 19 heavy (non-hydrogen) atoms. The van der Waals surface area contributed by atoms with Gasteiger partial charge < -0.3 is 19.9 Å². The summed E-state index contributed by atoms with van der Waals surface area (Å²) in [6.45, 7) is 0.720. The summed E-state index contributed by atoms with van der Waals surface area (Å²) in [7, 11) is 3.46. The van der Waals surface area contributed by atoms with Crippen LogP contribution in [0.4, 0.5) is 5.82 Å². The first-order valence-corrected chi connectivity index (χ1v) is 5.90. The minimum Gasteiger partial charge on any atom is -0.454 e. The van der Waals surface area contributed by atoms with E-state index in [4.69, 9.17) is 19.9 Å². The van der Waals surface area contributed by atoms with Gasteiger partial charge in [-0.1, -0.05) is 0 Å². The smallest absolute Gasteiger partial charge is 0.231 e. The second-order valence-electron chi connectivity index (χ2n) is 4.37. The van der Waals surface area contributed by atoms with Crippen molar-refractivity contribution < 1.29 is 14.2 Å². The Hall–Kier alpha value is -2.21. The molecule has 0 aliphatic carbocycles. The summed E-state index contributed by atoms with van der Waals surface area (Å²) in [5.41, 5.74) is 8.56. The first kappa shape index (κ1) is 11.9. The first-order chi connectivity index (χ1) is 9.19. The van der Waals surface area contributed by atoms with Gasteiger partial charge in [0.2, 0.25) is 6.79 Å². The molecule has 0 amide bonds. The third kappa shape index (κ3) is 2.00. The minimum absolute atomic E-state index is 0.246. The summed E-state index contributed by atoms with van der Waals surface area (Å²) >= 11 is 0. The van der Waals surface area contributed by atoms with Crippen LogP contribution in [0.2, 0.25) is 0 Å². The van der Waals surface area contributed by atoms with Crippen LogP contribution in [0.5, 0.6) is 11.5 Å². The molecule has 0 spiro atoms. The van der Waals surface area contributed by atoms with Crippen LogP contribution in [-0.4, -0.2) is 23.7 Å². The van der Waals surface area contributed by atoms with Crippen molar-refractivity contribution in [1.82, 2.24) is 9.78 Å². The predicted octanol–water partition coefficient (Wildman–Crippen LogP) is 1.54. The van der Waals surface area contributed by atoms with E-state index in [0.29, 0.717) is 12.4 Å². The molecule has 0 radical (unpaired) electrons. The number of fused-ring (bicyclic) bond motifs is 1. The molecule has 0 bridgehead atoms. The fourth-order valence-electron chi connectivity index (χ4n) is 2.11. The third-order valence-electron chi connectivity index (χ3n) is 3.09. The van der Waals surface area contributed by atoms with E-state index in [9.17, 15) is 0 Å². The topological polar surface area (TPSA) is 71.5 Å². The van der Waals surface area contributed by atoms with Crippen LogP contribution in [0.15, 0.2) is 18.2 Å². The molecule has 0 atom stereocenters. The van der Waals surface area contributed by atoms with Crippen molar-refractivity contribution in [3.05, 3.63) is 23.8 Å². The van der Waals surface area contributed by atoms with Gasteiger partial charge in [0, 0.05) is 25.8 Å². The number of hydrogen-bond acceptors (Lipinski definition) is 5. The molecule has 1 aliphatic rings. The van der Waals surface area contributed by atoms with Gasteiger partial charge in [-0.25, -0.2) is 0 Å². The van der Waals surface area contributed by atoms with Gasteiger partial charge >= 0.3 is 0 Å². The molecule has 1 aromatic carbocycles. The van der Waals surface area contributed by atoms with Crippen molar-refractivity contribution in [2.75, 3.05) is 19.6 Å². The number of hydrogen-bond donors (Lipinski definition) is 1. The highest BCUT2D eigenvalue weighted by Crippen LogP contribution is 2.38. The number of benzene rings is 1. The largest absolute Gasteiger partial charge is 0.454 e. The van der Waals surface area contributed by atoms with Gasteiger partial charge in [-0.2, -0.15) is 5.10 Å². The monoisotopic (exact) mass is 261 g/mol. The Labute approximate surface area is 110 Å². The lowest BCUT2D eigenvalue weighted by Gasteiger charge is -2.08. The number of nitrogens with two attached hydrogens (primary N) is 1. The van der Waals surface area contributed by atoms with E-state index in [1.54, 1.807) is 11.8 Å². The van der Waals surface area contributed by atoms with Gasteiger partial charge in [-0.15, -0.1) is 0 Å². The normalized spacial score (nSPS) is 12.9. The van der Waals surface area contributed by atoms with Gasteiger partial charge in [0.1, 0.15) is 5.82 Å². The summed E-state index contributed by atoms with van der Waals surface area (Å²) < 4.78 is 17.6. The number of aromatic nitrogens is 2. The van der Waals surface area contributed by atoms with E-state index in [1.807, 2.05) is 25.2 Å². The molecule has 100 valence electrons. The zero-order chi connectivity index (χ0) is 13.4. The molecule has 0 fully saturated rings. The molecular formula is C13H15N3O3. The fraction of sp³-hybridized carbons (Fsp3) is 0.308. The molecule has 3 rings (SSSR count). The van der Waals surface area contributed by atoms with Crippen LogP contribution in [0.1, 0.15) is 5.56 Å². The SMILES string of the molecule is COCc1cc2c(cc1-c1cc(N)n(C)n1)OCO2. The second kappa shape index (κ2) is 4.47. The lowest BCUT2D eigenvalue weighted by molar-refractivity contribution is 0.173. The van der Waals surface area contributed by atoms with E-state index >= 15 is 0 Å². The van der Waals surface area contributed by atoms with E-state index in [1.165, 1.54) is 0 Å². The highest BCUT2D eigenvalue weighted by molar-refractivity contribution is 5.70. The van der Waals surface area contributed by atoms with Crippen molar-refractivity contribution in [3.63, 3.8) is 0 Å². The van der Waals surface area contributed by atoms with E-state index in [-0.39, 0.29) is 6.79 Å². The Morgan fingerprint density at radius 1 is 1.32 bits per heavy atom. The van der Waals surface area contributed by atoms with Crippen molar-refractivity contribution in [2.24, 2.45) is 7.05 Å². The molecule has 2 heterocycles.